The van der Waals surface area contributed by atoms with Crippen molar-refractivity contribution in [2.45, 2.75) is 43.9 Å². The first-order chi connectivity index (χ1) is 11.8. The minimum atomic E-state index is 0.00505. The van der Waals surface area contributed by atoms with E-state index in [2.05, 4.69) is 0 Å². The molecule has 1 aliphatic carbocycles. The van der Waals surface area contributed by atoms with Gasteiger partial charge >= 0.3 is 0 Å². The van der Waals surface area contributed by atoms with Gasteiger partial charge in [-0.3, -0.25) is 4.79 Å². The molecule has 1 aromatic rings. The molecule has 1 aromatic carbocycles. The van der Waals surface area contributed by atoms with Crippen LogP contribution in [-0.2, 0) is 9.47 Å². The van der Waals surface area contributed by atoms with Crippen LogP contribution in [0.1, 0.15) is 36.0 Å². The number of ether oxygens (including phenoxy) is 3. The van der Waals surface area contributed by atoms with Gasteiger partial charge in [-0.1, -0.05) is 6.07 Å². The fraction of sp³-hybridized carbons (Fsp3) is 0.632. The summed E-state index contributed by atoms with van der Waals surface area (Å²) in [4.78, 5) is 15.0. The van der Waals surface area contributed by atoms with Crippen LogP contribution in [0.4, 0.5) is 0 Å². The third kappa shape index (κ3) is 3.15. The zero-order valence-corrected chi connectivity index (χ0v) is 14.1. The SMILES string of the molecule is COc1cccc(C(=O)N2C[C@H](OCC3CC3)[C@H]3OCCC[C@H]32)c1. The van der Waals surface area contributed by atoms with Crippen molar-refractivity contribution >= 4 is 5.91 Å². The van der Waals surface area contributed by atoms with Crippen molar-refractivity contribution in [3.8, 4) is 5.75 Å². The Bertz CT molecular complexity index is 601. The average Bonchev–Trinajstić information content (AvgIpc) is 3.40. The molecule has 1 amide bonds. The van der Waals surface area contributed by atoms with Gasteiger partial charge < -0.3 is 19.1 Å². The van der Waals surface area contributed by atoms with E-state index in [-0.39, 0.29) is 24.2 Å². The molecule has 0 radical (unpaired) electrons. The molecule has 0 bridgehead atoms. The number of nitrogens with zero attached hydrogens (tertiary/aromatic N) is 1. The number of fused-ring (bicyclic) bond motifs is 1. The highest BCUT2D eigenvalue weighted by atomic mass is 16.5. The van der Waals surface area contributed by atoms with Crippen LogP contribution in [-0.4, -0.2) is 55.9 Å². The zero-order chi connectivity index (χ0) is 16.5. The number of carbonyl (C=O) groups excluding carboxylic acids is 1. The molecule has 2 aliphatic heterocycles. The largest absolute Gasteiger partial charge is 0.497 e. The number of likely N-dealkylation sites (tertiary alicyclic amines) is 1. The van der Waals surface area contributed by atoms with Crippen LogP contribution in [0.15, 0.2) is 24.3 Å². The minimum Gasteiger partial charge on any atom is -0.497 e. The van der Waals surface area contributed by atoms with Crippen LogP contribution in [0, 0.1) is 5.92 Å². The molecule has 0 unspecified atom stereocenters. The van der Waals surface area contributed by atoms with Gasteiger partial charge in [-0.25, -0.2) is 0 Å². The molecule has 5 heteroatoms. The highest BCUT2D eigenvalue weighted by Crippen LogP contribution is 2.34. The maximum absolute atomic E-state index is 13.0. The van der Waals surface area contributed by atoms with Gasteiger partial charge in [-0.2, -0.15) is 0 Å². The lowest BCUT2D eigenvalue weighted by Crippen LogP contribution is -2.44. The number of hydrogen-bond donors (Lipinski definition) is 0. The van der Waals surface area contributed by atoms with Crippen molar-refractivity contribution in [2.24, 2.45) is 5.92 Å². The third-order valence-corrected chi connectivity index (χ3v) is 5.30. The first kappa shape index (κ1) is 15.9. The predicted molar refractivity (Wildman–Crippen MR) is 89.3 cm³/mol. The zero-order valence-electron chi connectivity index (χ0n) is 14.1. The second kappa shape index (κ2) is 6.73. The van der Waals surface area contributed by atoms with Crippen LogP contribution >= 0.6 is 0 Å². The number of hydrogen-bond acceptors (Lipinski definition) is 4. The monoisotopic (exact) mass is 331 g/mol. The Morgan fingerprint density at radius 1 is 1.33 bits per heavy atom. The molecule has 130 valence electrons. The molecular weight excluding hydrogens is 306 g/mol. The van der Waals surface area contributed by atoms with E-state index in [0.29, 0.717) is 17.9 Å². The van der Waals surface area contributed by atoms with Gasteiger partial charge in [-0.05, 0) is 49.8 Å². The number of rotatable bonds is 5. The van der Waals surface area contributed by atoms with E-state index in [4.69, 9.17) is 14.2 Å². The lowest BCUT2D eigenvalue weighted by molar-refractivity contribution is -0.0781. The Labute approximate surface area is 142 Å². The fourth-order valence-corrected chi connectivity index (χ4v) is 3.76. The van der Waals surface area contributed by atoms with Gasteiger partial charge in [0, 0.05) is 18.8 Å². The summed E-state index contributed by atoms with van der Waals surface area (Å²) in [5.41, 5.74) is 0.668. The minimum absolute atomic E-state index is 0.00505. The molecular formula is C19H25NO4. The Morgan fingerprint density at radius 2 is 2.21 bits per heavy atom. The summed E-state index contributed by atoms with van der Waals surface area (Å²) in [5.74, 6) is 1.47. The van der Waals surface area contributed by atoms with Crippen LogP contribution in [0.5, 0.6) is 5.75 Å². The summed E-state index contributed by atoms with van der Waals surface area (Å²) >= 11 is 0. The van der Waals surface area contributed by atoms with Gasteiger partial charge in [0.05, 0.1) is 19.7 Å². The van der Waals surface area contributed by atoms with Crippen LogP contribution < -0.4 is 4.74 Å². The Balaban J connectivity index is 1.50. The van der Waals surface area contributed by atoms with Crippen molar-refractivity contribution in [1.29, 1.82) is 0 Å². The van der Waals surface area contributed by atoms with E-state index in [9.17, 15) is 4.79 Å². The van der Waals surface area contributed by atoms with Gasteiger partial charge in [0.1, 0.15) is 18.0 Å². The van der Waals surface area contributed by atoms with Gasteiger partial charge in [0.15, 0.2) is 0 Å². The molecule has 0 aromatic heterocycles. The van der Waals surface area contributed by atoms with E-state index in [1.807, 2.05) is 23.1 Å². The van der Waals surface area contributed by atoms with E-state index >= 15 is 0 Å². The second-order valence-corrected chi connectivity index (χ2v) is 7.05. The molecule has 1 saturated carbocycles. The first-order valence-corrected chi connectivity index (χ1v) is 8.94. The molecule has 2 heterocycles. The highest BCUT2D eigenvalue weighted by molar-refractivity contribution is 5.95. The highest BCUT2D eigenvalue weighted by Gasteiger charge is 2.47. The van der Waals surface area contributed by atoms with Crippen molar-refractivity contribution in [3.63, 3.8) is 0 Å². The summed E-state index contributed by atoms with van der Waals surface area (Å²) < 4.78 is 17.3. The van der Waals surface area contributed by atoms with E-state index in [1.54, 1.807) is 13.2 Å². The summed E-state index contributed by atoms with van der Waals surface area (Å²) in [7, 11) is 1.62. The number of benzene rings is 1. The maximum Gasteiger partial charge on any atom is 0.254 e. The molecule has 2 saturated heterocycles. The molecule has 3 aliphatic rings. The molecule has 4 rings (SSSR count). The van der Waals surface area contributed by atoms with E-state index in [0.717, 1.165) is 32.0 Å². The summed E-state index contributed by atoms with van der Waals surface area (Å²) in [6.07, 6.45) is 4.56. The fourth-order valence-electron chi connectivity index (χ4n) is 3.76. The molecule has 5 nitrogen and oxygen atoms in total. The smallest absolute Gasteiger partial charge is 0.254 e. The lowest BCUT2D eigenvalue weighted by atomic mass is 10.0. The van der Waals surface area contributed by atoms with Crippen LogP contribution in [0.25, 0.3) is 0 Å². The van der Waals surface area contributed by atoms with Crippen LogP contribution in [0.3, 0.4) is 0 Å². The maximum atomic E-state index is 13.0. The molecule has 24 heavy (non-hydrogen) atoms. The second-order valence-electron chi connectivity index (χ2n) is 7.05. The third-order valence-electron chi connectivity index (χ3n) is 5.30. The van der Waals surface area contributed by atoms with Crippen LogP contribution in [0.2, 0.25) is 0 Å². The molecule has 3 atom stereocenters. The molecule has 0 spiro atoms. The standard InChI is InChI=1S/C19H25NO4/c1-22-15-5-2-4-14(10-15)19(21)20-11-17(24-12-13-7-8-13)18-16(20)6-3-9-23-18/h2,4-5,10,13,16-18H,3,6-9,11-12H2,1H3/t16-,17+,18+/m1/s1. The summed E-state index contributed by atoms with van der Waals surface area (Å²) in [6.45, 7) is 2.20. The molecule has 0 N–H and O–H groups in total. The number of amides is 1. The number of carbonyl (C=O) groups is 1. The van der Waals surface area contributed by atoms with Gasteiger partial charge in [-0.15, -0.1) is 0 Å². The first-order valence-electron chi connectivity index (χ1n) is 8.94. The Kier molecular flexibility index (Phi) is 4.46. The normalized spacial score (nSPS) is 29.4. The van der Waals surface area contributed by atoms with Crippen molar-refractivity contribution in [3.05, 3.63) is 29.8 Å². The van der Waals surface area contributed by atoms with E-state index in [1.165, 1.54) is 12.8 Å². The number of methoxy groups -OCH3 is 1. The van der Waals surface area contributed by atoms with Crippen molar-refractivity contribution < 1.29 is 19.0 Å². The van der Waals surface area contributed by atoms with Crippen molar-refractivity contribution in [2.75, 3.05) is 26.9 Å². The van der Waals surface area contributed by atoms with Crippen molar-refractivity contribution in [1.82, 2.24) is 4.90 Å². The molecule has 3 fully saturated rings. The topological polar surface area (TPSA) is 48.0 Å². The predicted octanol–water partition coefficient (Wildman–Crippen LogP) is 2.49. The Morgan fingerprint density at radius 3 is 3.00 bits per heavy atom. The van der Waals surface area contributed by atoms with Gasteiger partial charge in [0.2, 0.25) is 0 Å². The summed E-state index contributed by atoms with van der Waals surface area (Å²) in [6, 6.07) is 7.50. The van der Waals surface area contributed by atoms with E-state index < -0.39 is 0 Å². The van der Waals surface area contributed by atoms with Gasteiger partial charge in [0.25, 0.3) is 5.91 Å². The Hall–Kier alpha value is -1.59. The quantitative estimate of drug-likeness (QED) is 0.832. The summed E-state index contributed by atoms with van der Waals surface area (Å²) in [5, 5.41) is 0. The lowest BCUT2D eigenvalue weighted by Gasteiger charge is -2.32. The average molecular weight is 331 g/mol.